The number of aryl methyl sites for hydroxylation is 1. The van der Waals surface area contributed by atoms with Crippen LogP contribution in [0.15, 0.2) is 34.7 Å². The average molecular weight is 292 g/mol. The van der Waals surface area contributed by atoms with Crippen LogP contribution in [0.5, 0.6) is 0 Å². The van der Waals surface area contributed by atoms with Crippen molar-refractivity contribution in [2.45, 2.75) is 13.5 Å². The minimum Gasteiger partial charge on any atom is -0.475 e. The highest BCUT2D eigenvalue weighted by Gasteiger charge is 2.11. The molecule has 0 aliphatic carbocycles. The molecule has 0 aliphatic rings. The van der Waals surface area contributed by atoms with Crippen molar-refractivity contribution in [2.75, 3.05) is 5.32 Å². The number of furan rings is 1. The van der Waals surface area contributed by atoms with E-state index < -0.39 is 17.8 Å². The smallest absolute Gasteiger partial charge is 0.371 e. The van der Waals surface area contributed by atoms with Crippen molar-refractivity contribution < 1.29 is 23.5 Å². The van der Waals surface area contributed by atoms with E-state index >= 15 is 0 Å². The number of anilines is 1. The van der Waals surface area contributed by atoms with E-state index in [2.05, 4.69) is 10.6 Å². The van der Waals surface area contributed by atoms with Gasteiger partial charge >= 0.3 is 12.0 Å². The van der Waals surface area contributed by atoms with Gasteiger partial charge in [0.25, 0.3) is 0 Å². The molecule has 0 unspecified atom stereocenters. The standard InChI is InChI=1S/C14H13FN2O4/c1-8-3-2-4-10(15)12(8)17-14(20)16-7-9-5-6-11(21-9)13(18)19/h2-6H,7H2,1H3,(H,18,19)(H2,16,17,20). The second-order valence-corrected chi connectivity index (χ2v) is 4.31. The van der Waals surface area contributed by atoms with Gasteiger partial charge in [0.15, 0.2) is 0 Å². The Balaban J connectivity index is 1.94. The third kappa shape index (κ3) is 3.59. The van der Waals surface area contributed by atoms with Crippen molar-refractivity contribution in [3.63, 3.8) is 0 Å². The van der Waals surface area contributed by atoms with Gasteiger partial charge in [-0.1, -0.05) is 12.1 Å². The van der Waals surface area contributed by atoms with Crippen molar-refractivity contribution in [2.24, 2.45) is 0 Å². The van der Waals surface area contributed by atoms with Gasteiger partial charge in [0, 0.05) is 0 Å². The van der Waals surface area contributed by atoms with Crippen LogP contribution in [0.3, 0.4) is 0 Å². The number of carboxylic acid groups (broad SMARTS) is 1. The van der Waals surface area contributed by atoms with E-state index in [1.807, 2.05) is 0 Å². The lowest BCUT2D eigenvalue weighted by atomic mass is 10.2. The molecule has 6 nitrogen and oxygen atoms in total. The number of urea groups is 1. The number of amides is 2. The number of carboxylic acids is 1. The summed E-state index contributed by atoms with van der Waals surface area (Å²) in [4.78, 5) is 22.3. The number of nitrogens with one attached hydrogen (secondary N) is 2. The first-order valence-electron chi connectivity index (χ1n) is 6.09. The van der Waals surface area contributed by atoms with Crippen LogP contribution < -0.4 is 10.6 Å². The molecule has 0 radical (unpaired) electrons. The Labute approximate surface area is 119 Å². The molecule has 21 heavy (non-hydrogen) atoms. The highest BCUT2D eigenvalue weighted by molar-refractivity contribution is 5.90. The summed E-state index contributed by atoms with van der Waals surface area (Å²) >= 11 is 0. The maximum absolute atomic E-state index is 13.5. The largest absolute Gasteiger partial charge is 0.475 e. The van der Waals surface area contributed by atoms with E-state index in [1.165, 1.54) is 18.2 Å². The molecule has 0 saturated heterocycles. The second-order valence-electron chi connectivity index (χ2n) is 4.31. The van der Waals surface area contributed by atoms with Crippen LogP contribution >= 0.6 is 0 Å². The number of halogens is 1. The van der Waals surface area contributed by atoms with Gasteiger partial charge in [0.2, 0.25) is 5.76 Å². The topological polar surface area (TPSA) is 91.6 Å². The fourth-order valence-electron chi connectivity index (χ4n) is 1.70. The lowest BCUT2D eigenvalue weighted by molar-refractivity contribution is 0.0660. The Morgan fingerprint density at radius 1 is 1.29 bits per heavy atom. The number of carbonyl (C=O) groups is 2. The molecule has 1 aromatic heterocycles. The van der Waals surface area contributed by atoms with Gasteiger partial charge in [-0.05, 0) is 30.7 Å². The van der Waals surface area contributed by atoms with Crippen LogP contribution in [0.1, 0.15) is 21.9 Å². The summed E-state index contributed by atoms with van der Waals surface area (Å²) < 4.78 is 18.5. The first-order valence-corrected chi connectivity index (χ1v) is 6.09. The summed E-state index contributed by atoms with van der Waals surface area (Å²) in [7, 11) is 0. The lowest BCUT2D eigenvalue weighted by Gasteiger charge is -2.09. The molecule has 2 amide bonds. The minimum absolute atomic E-state index is 0.00733. The molecule has 0 aliphatic heterocycles. The zero-order valence-corrected chi connectivity index (χ0v) is 11.1. The number of para-hydroxylation sites is 1. The fourth-order valence-corrected chi connectivity index (χ4v) is 1.70. The van der Waals surface area contributed by atoms with Crippen molar-refractivity contribution in [1.29, 1.82) is 0 Å². The minimum atomic E-state index is -1.19. The maximum atomic E-state index is 13.5. The monoisotopic (exact) mass is 292 g/mol. The molecule has 2 aromatic rings. The van der Waals surface area contributed by atoms with Gasteiger partial charge in [0.1, 0.15) is 11.6 Å². The Hall–Kier alpha value is -2.83. The Kier molecular flexibility index (Phi) is 4.22. The van der Waals surface area contributed by atoms with Crippen LogP contribution in [0.25, 0.3) is 0 Å². The number of rotatable bonds is 4. The van der Waals surface area contributed by atoms with Gasteiger partial charge in [-0.25, -0.2) is 14.0 Å². The predicted molar refractivity (Wildman–Crippen MR) is 72.7 cm³/mol. The molecule has 7 heteroatoms. The van der Waals surface area contributed by atoms with Gasteiger partial charge in [-0.3, -0.25) is 0 Å². The molecular formula is C14H13FN2O4. The first-order chi connectivity index (χ1) is 9.97. The zero-order chi connectivity index (χ0) is 15.4. The Bertz CT molecular complexity index is 661. The van der Waals surface area contributed by atoms with Crippen molar-refractivity contribution >= 4 is 17.7 Å². The summed E-state index contributed by atoms with van der Waals surface area (Å²) in [5.74, 6) is -1.64. The van der Waals surface area contributed by atoms with Crippen LogP contribution in [-0.4, -0.2) is 17.1 Å². The summed E-state index contributed by atoms with van der Waals surface area (Å²) in [6, 6.07) is 6.58. The van der Waals surface area contributed by atoms with Crippen LogP contribution in [0, 0.1) is 12.7 Å². The summed E-state index contributed by atoms with van der Waals surface area (Å²) in [5.41, 5.74) is 0.692. The number of carbonyl (C=O) groups excluding carboxylic acids is 1. The molecule has 0 atom stereocenters. The van der Waals surface area contributed by atoms with Crippen LogP contribution in [0.2, 0.25) is 0 Å². The molecule has 1 heterocycles. The van der Waals surface area contributed by atoms with Gasteiger partial charge in [-0.15, -0.1) is 0 Å². The molecule has 110 valence electrons. The second kappa shape index (κ2) is 6.08. The summed E-state index contributed by atoms with van der Waals surface area (Å²) in [6.07, 6.45) is 0. The van der Waals surface area contributed by atoms with Crippen molar-refractivity contribution in [3.8, 4) is 0 Å². The van der Waals surface area contributed by atoms with Gasteiger partial charge in [0.05, 0.1) is 12.2 Å². The molecule has 3 N–H and O–H groups in total. The number of benzene rings is 1. The quantitative estimate of drug-likeness (QED) is 0.808. The Morgan fingerprint density at radius 2 is 2.05 bits per heavy atom. The number of hydrogen-bond acceptors (Lipinski definition) is 3. The van der Waals surface area contributed by atoms with E-state index in [4.69, 9.17) is 9.52 Å². The zero-order valence-electron chi connectivity index (χ0n) is 11.1. The molecule has 2 rings (SSSR count). The highest BCUT2D eigenvalue weighted by Crippen LogP contribution is 2.18. The first kappa shape index (κ1) is 14.6. The fraction of sp³-hybridized carbons (Fsp3) is 0.143. The number of aromatic carboxylic acids is 1. The maximum Gasteiger partial charge on any atom is 0.371 e. The van der Waals surface area contributed by atoms with E-state index in [0.717, 1.165) is 0 Å². The van der Waals surface area contributed by atoms with E-state index in [9.17, 15) is 14.0 Å². The predicted octanol–water partition coefficient (Wildman–Crippen LogP) is 2.75. The third-order valence-electron chi connectivity index (χ3n) is 2.76. The van der Waals surface area contributed by atoms with E-state index in [0.29, 0.717) is 5.56 Å². The molecule has 0 fully saturated rings. The SMILES string of the molecule is Cc1cccc(F)c1NC(=O)NCc1ccc(C(=O)O)o1. The summed E-state index contributed by atoms with van der Waals surface area (Å²) in [5, 5.41) is 13.5. The Morgan fingerprint density at radius 3 is 2.67 bits per heavy atom. The molecule has 0 spiro atoms. The highest BCUT2D eigenvalue weighted by atomic mass is 19.1. The van der Waals surface area contributed by atoms with Crippen molar-refractivity contribution in [1.82, 2.24) is 5.32 Å². The average Bonchev–Trinajstić information content (AvgIpc) is 2.90. The van der Waals surface area contributed by atoms with Gasteiger partial charge in [-0.2, -0.15) is 0 Å². The normalized spacial score (nSPS) is 10.2. The van der Waals surface area contributed by atoms with Gasteiger partial charge < -0.3 is 20.2 Å². The van der Waals surface area contributed by atoms with Crippen LogP contribution in [-0.2, 0) is 6.54 Å². The number of hydrogen-bond donors (Lipinski definition) is 3. The third-order valence-corrected chi connectivity index (χ3v) is 2.76. The molecule has 0 saturated carbocycles. The lowest BCUT2D eigenvalue weighted by Crippen LogP contribution is -2.28. The van der Waals surface area contributed by atoms with E-state index in [-0.39, 0.29) is 23.8 Å². The van der Waals surface area contributed by atoms with E-state index in [1.54, 1.807) is 19.1 Å². The molecule has 1 aromatic carbocycles. The molecule has 0 bridgehead atoms. The molecular weight excluding hydrogens is 279 g/mol. The van der Waals surface area contributed by atoms with Crippen molar-refractivity contribution in [3.05, 3.63) is 53.2 Å². The van der Waals surface area contributed by atoms with Crippen LogP contribution in [0.4, 0.5) is 14.9 Å². The summed E-state index contributed by atoms with van der Waals surface area (Å²) in [6.45, 7) is 1.66.